The van der Waals surface area contributed by atoms with Gasteiger partial charge in [-0.15, -0.1) is 0 Å². The van der Waals surface area contributed by atoms with Crippen molar-refractivity contribution in [1.82, 2.24) is 10.2 Å². The Balaban J connectivity index is 1.63. The van der Waals surface area contributed by atoms with Gasteiger partial charge in [0.2, 0.25) is 5.91 Å². The fraction of sp³-hybridized carbons (Fsp3) is 0.345. The second-order valence-electron chi connectivity index (χ2n) is 8.86. The second kappa shape index (κ2) is 12.0. The first-order valence-corrected chi connectivity index (χ1v) is 12.2. The van der Waals surface area contributed by atoms with Crippen molar-refractivity contribution in [3.63, 3.8) is 0 Å². The minimum Gasteiger partial charge on any atom is -0.496 e. The lowest BCUT2D eigenvalue weighted by atomic mass is 9.87. The van der Waals surface area contributed by atoms with E-state index in [-0.39, 0.29) is 30.9 Å². The first kappa shape index (κ1) is 26.3. The Bertz CT molecular complexity index is 1250. The number of amides is 1. The number of hydrogen-bond acceptors (Lipinski definition) is 6. The van der Waals surface area contributed by atoms with Gasteiger partial charge in [0, 0.05) is 35.8 Å². The van der Waals surface area contributed by atoms with E-state index in [2.05, 4.69) is 10.2 Å². The molecule has 37 heavy (non-hydrogen) atoms. The van der Waals surface area contributed by atoms with Gasteiger partial charge in [-0.25, -0.2) is 4.39 Å². The summed E-state index contributed by atoms with van der Waals surface area (Å²) in [6.45, 7) is 0.946. The Morgan fingerprint density at radius 3 is 2.30 bits per heavy atom. The van der Waals surface area contributed by atoms with E-state index in [1.807, 2.05) is 30.3 Å². The van der Waals surface area contributed by atoms with Crippen LogP contribution in [0.25, 0.3) is 0 Å². The summed E-state index contributed by atoms with van der Waals surface area (Å²) in [5.41, 5.74) is 3.56. The Hall–Kier alpha value is -3.78. The maximum atomic E-state index is 14.0. The standard InChI is InChI=1S/C29H33FN2O5/c1-34-24-11-12-26(36-3)29-21(24)13-14-32(18-28(33)31-17-20-7-5-6-8-22(20)30)23(29)15-19-9-10-25(35-2)27(16-19)37-4/h5-12,16,23H,13-15,17-18H2,1-4H3,(H,31,33). The number of carbonyl (C=O) groups excluding carboxylic acids is 1. The Morgan fingerprint density at radius 1 is 0.919 bits per heavy atom. The molecule has 3 aromatic rings. The number of rotatable bonds is 10. The summed E-state index contributed by atoms with van der Waals surface area (Å²) in [6, 6.07) is 15.9. The highest BCUT2D eigenvalue weighted by Crippen LogP contribution is 2.43. The van der Waals surface area contributed by atoms with Gasteiger partial charge in [-0.1, -0.05) is 24.3 Å². The van der Waals surface area contributed by atoms with E-state index in [9.17, 15) is 9.18 Å². The zero-order valence-electron chi connectivity index (χ0n) is 21.7. The summed E-state index contributed by atoms with van der Waals surface area (Å²) in [6.07, 6.45) is 1.32. The predicted molar refractivity (Wildman–Crippen MR) is 139 cm³/mol. The summed E-state index contributed by atoms with van der Waals surface area (Å²) in [7, 11) is 6.52. The fourth-order valence-corrected chi connectivity index (χ4v) is 4.94. The van der Waals surface area contributed by atoms with Crippen molar-refractivity contribution in [3.05, 3.63) is 82.7 Å². The van der Waals surface area contributed by atoms with Crippen LogP contribution in [-0.4, -0.2) is 52.3 Å². The van der Waals surface area contributed by atoms with Crippen LogP contribution < -0.4 is 24.3 Å². The van der Waals surface area contributed by atoms with E-state index >= 15 is 0 Å². The van der Waals surface area contributed by atoms with Crippen LogP contribution in [0.2, 0.25) is 0 Å². The summed E-state index contributed by atoms with van der Waals surface area (Å²) in [5, 5.41) is 2.87. The molecule has 1 heterocycles. The number of hydrogen-bond donors (Lipinski definition) is 1. The average molecular weight is 509 g/mol. The van der Waals surface area contributed by atoms with Crippen molar-refractivity contribution in [2.24, 2.45) is 0 Å². The molecule has 0 fully saturated rings. The zero-order valence-corrected chi connectivity index (χ0v) is 21.7. The van der Waals surface area contributed by atoms with Crippen molar-refractivity contribution < 1.29 is 28.1 Å². The third kappa shape index (κ3) is 5.80. The SMILES string of the molecule is COc1ccc(CC2c3c(OC)ccc(OC)c3CCN2CC(=O)NCc2ccccc2F)cc1OC. The van der Waals surface area contributed by atoms with Crippen molar-refractivity contribution >= 4 is 5.91 Å². The molecule has 1 aliphatic rings. The molecular formula is C29H33FN2O5. The van der Waals surface area contributed by atoms with E-state index in [0.29, 0.717) is 36.4 Å². The minimum absolute atomic E-state index is 0.132. The molecule has 0 saturated carbocycles. The molecule has 0 radical (unpaired) electrons. The molecule has 1 N–H and O–H groups in total. The van der Waals surface area contributed by atoms with Crippen LogP contribution in [0.5, 0.6) is 23.0 Å². The Morgan fingerprint density at radius 2 is 1.59 bits per heavy atom. The van der Waals surface area contributed by atoms with Crippen molar-refractivity contribution in [2.45, 2.75) is 25.4 Å². The third-order valence-electron chi connectivity index (χ3n) is 6.79. The van der Waals surface area contributed by atoms with E-state index in [1.165, 1.54) is 6.07 Å². The van der Waals surface area contributed by atoms with Gasteiger partial charge in [-0.3, -0.25) is 9.69 Å². The summed E-state index contributed by atoms with van der Waals surface area (Å²) in [5.74, 6) is 2.33. The molecule has 196 valence electrons. The topological polar surface area (TPSA) is 69.3 Å². The molecule has 8 heteroatoms. The van der Waals surface area contributed by atoms with E-state index in [0.717, 1.165) is 28.2 Å². The molecule has 7 nitrogen and oxygen atoms in total. The van der Waals surface area contributed by atoms with Gasteiger partial charge in [0.05, 0.1) is 35.0 Å². The zero-order chi connectivity index (χ0) is 26.4. The molecule has 0 spiro atoms. The molecule has 1 amide bonds. The quantitative estimate of drug-likeness (QED) is 0.440. The van der Waals surface area contributed by atoms with Crippen LogP contribution in [0.4, 0.5) is 4.39 Å². The highest BCUT2D eigenvalue weighted by molar-refractivity contribution is 5.78. The molecule has 0 saturated heterocycles. The number of nitrogens with one attached hydrogen (secondary N) is 1. The molecule has 1 aliphatic heterocycles. The third-order valence-corrected chi connectivity index (χ3v) is 6.79. The number of fused-ring (bicyclic) bond motifs is 1. The normalized spacial score (nSPS) is 15.0. The number of nitrogens with zero attached hydrogens (tertiary/aromatic N) is 1. The van der Waals surface area contributed by atoms with Crippen LogP contribution in [0.3, 0.4) is 0 Å². The van der Waals surface area contributed by atoms with Gasteiger partial charge in [-0.05, 0) is 48.7 Å². The van der Waals surface area contributed by atoms with Gasteiger partial charge < -0.3 is 24.3 Å². The number of ether oxygens (including phenoxy) is 4. The monoisotopic (exact) mass is 508 g/mol. The molecule has 0 aromatic heterocycles. The van der Waals surface area contributed by atoms with Gasteiger partial charge in [0.25, 0.3) is 0 Å². The first-order valence-electron chi connectivity index (χ1n) is 12.2. The van der Waals surface area contributed by atoms with E-state index in [4.69, 9.17) is 18.9 Å². The van der Waals surface area contributed by atoms with Gasteiger partial charge in [0.15, 0.2) is 11.5 Å². The van der Waals surface area contributed by atoms with Gasteiger partial charge in [0.1, 0.15) is 17.3 Å². The highest BCUT2D eigenvalue weighted by atomic mass is 19.1. The number of methoxy groups -OCH3 is 4. The number of benzene rings is 3. The molecule has 1 atom stereocenters. The van der Waals surface area contributed by atoms with Crippen molar-refractivity contribution in [2.75, 3.05) is 41.5 Å². The molecular weight excluding hydrogens is 475 g/mol. The number of carbonyl (C=O) groups is 1. The number of halogens is 1. The fourth-order valence-electron chi connectivity index (χ4n) is 4.94. The van der Waals surface area contributed by atoms with Crippen LogP contribution in [0.1, 0.15) is 28.3 Å². The summed E-state index contributed by atoms with van der Waals surface area (Å²) >= 11 is 0. The van der Waals surface area contributed by atoms with Crippen LogP contribution >= 0.6 is 0 Å². The van der Waals surface area contributed by atoms with Gasteiger partial charge >= 0.3 is 0 Å². The lowest BCUT2D eigenvalue weighted by molar-refractivity contribution is -0.123. The predicted octanol–water partition coefficient (Wildman–Crippen LogP) is 4.32. The average Bonchev–Trinajstić information content (AvgIpc) is 2.92. The van der Waals surface area contributed by atoms with E-state index < -0.39 is 0 Å². The summed E-state index contributed by atoms with van der Waals surface area (Å²) in [4.78, 5) is 15.1. The van der Waals surface area contributed by atoms with E-state index in [1.54, 1.807) is 46.6 Å². The largest absolute Gasteiger partial charge is 0.496 e. The first-order chi connectivity index (χ1) is 18.0. The maximum Gasteiger partial charge on any atom is 0.234 e. The second-order valence-corrected chi connectivity index (χ2v) is 8.86. The molecule has 1 unspecified atom stereocenters. The molecule has 0 bridgehead atoms. The maximum absolute atomic E-state index is 14.0. The highest BCUT2D eigenvalue weighted by Gasteiger charge is 2.33. The Labute approximate surface area is 217 Å². The van der Waals surface area contributed by atoms with Crippen LogP contribution in [-0.2, 0) is 24.2 Å². The minimum atomic E-state index is -0.335. The molecule has 3 aromatic carbocycles. The van der Waals surface area contributed by atoms with Crippen LogP contribution in [0, 0.1) is 5.82 Å². The molecule has 0 aliphatic carbocycles. The van der Waals surface area contributed by atoms with Gasteiger partial charge in [-0.2, -0.15) is 0 Å². The van der Waals surface area contributed by atoms with Crippen LogP contribution in [0.15, 0.2) is 54.6 Å². The smallest absolute Gasteiger partial charge is 0.234 e. The molecule has 4 rings (SSSR count). The summed E-state index contributed by atoms with van der Waals surface area (Å²) < 4.78 is 36.4. The lowest BCUT2D eigenvalue weighted by Gasteiger charge is -2.38. The van der Waals surface area contributed by atoms with Crippen molar-refractivity contribution in [1.29, 1.82) is 0 Å². The Kier molecular flexibility index (Phi) is 8.50. The van der Waals surface area contributed by atoms with Crippen molar-refractivity contribution in [3.8, 4) is 23.0 Å². The lowest BCUT2D eigenvalue weighted by Crippen LogP contribution is -2.43.